The number of rotatable bonds is 4. The van der Waals surface area contributed by atoms with Crippen molar-refractivity contribution in [2.75, 3.05) is 0 Å². The molecule has 0 saturated heterocycles. The van der Waals surface area contributed by atoms with Gasteiger partial charge in [0.2, 0.25) is 0 Å². The molecule has 1 aromatic carbocycles. The van der Waals surface area contributed by atoms with Crippen LogP contribution < -0.4 is 0 Å². The van der Waals surface area contributed by atoms with Crippen molar-refractivity contribution < 1.29 is 23.1 Å². The summed E-state index contributed by atoms with van der Waals surface area (Å²) in [6.45, 7) is 0. The fourth-order valence-electron chi connectivity index (χ4n) is 3.54. The van der Waals surface area contributed by atoms with Crippen molar-refractivity contribution in [1.82, 2.24) is 4.98 Å². The number of halogens is 3. The van der Waals surface area contributed by atoms with E-state index >= 15 is 0 Å². The molecular weight excluding hydrogens is 331 g/mol. The highest BCUT2D eigenvalue weighted by Crippen LogP contribution is 2.38. The SMILES string of the molecule is O=C(O)C(c1ccc(-c2cncc(C(F)(F)F)c2)cc1)C1CCCC1. The van der Waals surface area contributed by atoms with Crippen LogP contribution in [0, 0.1) is 5.92 Å². The van der Waals surface area contributed by atoms with Crippen LogP contribution in [-0.4, -0.2) is 16.1 Å². The average Bonchev–Trinajstić information content (AvgIpc) is 3.09. The summed E-state index contributed by atoms with van der Waals surface area (Å²) in [5, 5.41) is 9.56. The van der Waals surface area contributed by atoms with E-state index in [4.69, 9.17) is 0 Å². The maximum atomic E-state index is 12.8. The standard InChI is InChI=1S/C19H18F3NO2/c20-19(21,22)16-9-15(10-23-11-16)12-5-7-14(8-6-12)17(18(24)25)13-3-1-2-4-13/h5-11,13,17H,1-4H2,(H,24,25). The van der Waals surface area contributed by atoms with Crippen LogP contribution in [0.2, 0.25) is 0 Å². The Kier molecular flexibility index (Phi) is 4.79. The van der Waals surface area contributed by atoms with Crippen molar-refractivity contribution in [1.29, 1.82) is 0 Å². The Hall–Kier alpha value is -2.37. The minimum atomic E-state index is -4.44. The van der Waals surface area contributed by atoms with Gasteiger partial charge in [-0.15, -0.1) is 0 Å². The quantitative estimate of drug-likeness (QED) is 0.833. The summed E-state index contributed by atoms with van der Waals surface area (Å²) < 4.78 is 38.4. The zero-order chi connectivity index (χ0) is 18.0. The highest BCUT2D eigenvalue weighted by atomic mass is 19.4. The predicted molar refractivity (Wildman–Crippen MR) is 87.0 cm³/mol. The van der Waals surface area contributed by atoms with Crippen molar-refractivity contribution >= 4 is 5.97 Å². The van der Waals surface area contributed by atoms with Gasteiger partial charge in [0.15, 0.2) is 0 Å². The van der Waals surface area contributed by atoms with E-state index in [9.17, 15) is 23.1 Å². The van der Waals surface area contributed by atoms with Gasteiger partial charge in [-0.2, -0.15) is 13.2 Å². The maximum absolute atomic E-state index is 12.8. The Morgan fingerprint density at radius 2 is 1.72 bits per heavy atom. The van der Waals surface area contributed by atoms with E-state index in [-0.39, 0.29) is 5.92 Å². The molecule has 3 nitrogen and oxygen atoms in total. The largest absolute Gasteiger partial charge is 0.481 e. The molecule has 1 aromatic heterocycles. The molecule has 1 atom stereocenters. The molecule has 0 spiro atoms. The predicted octanol–water partition coefficient (Wildman–Crippen LogP) is 5.13. The fourth-order valence-corrected chi connectivity index (χ4v) is 3.54. The lowest BCUT2D eigenvalue weighted by molar-refractivity contribution is -0.140. The molecule has 0 aliphatic heterocycles. The third-order valence-corrected chi connectivity index (χ3v) is 4.81. The summed E-state index contributed by atoms with van der Waals surface area (Å²) in [4.78, 5) is 15.3. The van der Waals surface area contributed by atoms with Crippen LogP contribution in [0.1, 0.15) is 42.7 Å². The molecule has 0 bridgehead atoms. The number of carboxylic acids is 1. The lowest BCUT2D eigenvalue weighted by atomic mass is 9.84. The second kappa shape index (κ2) is 6.86. The van der Waals surface area contributed by atoms with Crippen LogP contribution >= 0.6 is 0 Å². The first kappa shape index (κ1) is 17.5. The van der Waals surface area contributed by atoms with Gasteiger partial charge in [0, 0.05) is 18.0 Å². The van der Waals surface area contributed by atoms with E-state index in [1.54, 1.807) is 24.3 Å². The van der Waals surface area contributed by atoms with Crippen LogP contribution in [-0.2, 0) is 11.0 Å². The lowest BCUT2D eigenvalue weighted by Crippen LogP contribution is -2.19. The molecule has 0 radical (unpaired) electrons. The maximum Gasteiger partial charge on any atom is 0.417 e. The summed E-state index contributed by atoms with van der Waals surface area (Å²) >= 11 is 0. The van der Waals surface area contributed by atoms with Crippen LogP contribution in [0.3, 0.4) is 0 Å². The van der Waals surface area contributed by atoms with E-state index in [0.29, 0.717) is 16.7 Å². The Balaban J connectivity index is 1.88. The van der Waals surface area contributed by atoms with Gasteiger partial charge in [0.05, 0.1) is 11.5 Å². The topological polar surface area (TPSA) is 50.2 Å². The van der Waals surface area contributed by atoms with Gasteiger partial charge in [0.1, 0.15) is 0 Å². The van der Waals surface area contributed by atoms with E-state index < -0.39 is 23.6 Å². The third-order valence-electron chi connectivity index (χ3n) is 4.81. The summed E-state index contributed by atoms with van der Waals surface area (Å²) in [5.74, 6) is -1.28. The van der Waals surface area contributed by atoms with Gasteiger partial charge in [0.25, 0.3) is 0 Å². The first-order valence-corrected chi connectivity index (χ1v) is 8.21. The smallest absolute Gasteiger partial charge is 0.417 e. The van der Waals surface area contributed by atoms with E-state index in [1.165, 1.54) is 6.20 Å². The number of carboxylic acid groups (broad SMARTS) is 1. The van der Waals surface area contributed by atoms with Crippen LogP contribution in [0.4, 0.5) is 13.2 Å². The van der Waals surface area contributed by atoms with Gasteiger partial charge in [-0.3, -0.25) is 9.78 Å². The molecule has 0 amide bonds. The third kappa shape index (κ3) is 3.83. The van der Waals surface area contributed by atoms with Crippen molar-refractivity contribution in [3.63, 3.8) is 0 Å². The van der Waals surface area contributed by atoms with Gasteiger partial charge in [-0.25, -0.2) is 0 Å². The normalized spacial score (nSPS) is 16.8. The molecule has 1 unspecified atom stereocenters. The molecule has 3 rings (SSSR count). The Morgan fingerprint density at radius 3 is 2.28 bits per heavy atom. The molecule has 1 fully saturated rings. The molecule has 1 aliphatic carbocycles. The second-order valence-electron chi connectivity index (χ2n) is 6.44. The summed E-state index contributed by atoms with van der Waals surface area (Å²) in [6.07, 6.45) is 1.60. The molecule has 1 heterocycles. The second-order valence-corrected chi connectivity index (χ2v) is 6.44. The summed E-state index contributed by atoms with van der Waals surface area (Å²) in [5.41, 5.74) is 0.832. The highest BCUT2D eigenvalue weighted by molar-refractivity contribution is 5.77. The molecule has 2 aromatic rings. The van der Waals surface area contributed by atoms with Crippen LogP contribution in [0.25, 0.3) is 11.1 Å². The number of alkyl halides is 3. The number of nitrogens with zero attached hydrogens (tertiary/aromatic N) is 1. The first-order valence-electron chi connectivity index (χ1n) is 8.21. The van der Waals surface area contributed by atoms with E-state index in [0.717, 1.165) is 37.9 Å². The fraction of sp³-hybridized carbons (Fsp3) is 0.368. The van der Waals surface area contributed by atoms with Crippen molar-refractivity contribution in [3.05, 3.63) is 53.9 Å². The minimum Gasteiger partial charge on any atom is -0.481 e. The number of benzene rings is 1. The van der Waals surface area contributed by atoms with E-state index in [1.807, 2.05) is 0 Å². The number of hydrogen-bond donors (Lipinski definition) is 1. The number of pyridine rings is 1. The molecule has 132 valence electrons. The van der Waals surface area contributed by atoms with Gasteiger partial charge in [-0.1, -0.05) is 37.1 Å². The molecule has 6 heteroatoms. The number of aliphatic carboxylic acids is 1. The summed E-state index contributed by atoms with van der Waals surface area (Å²) in [6, 6.07) is 7.78. The van der Waals surface area contributed by atoms with Gasteiger partial charge < -0.3 is 5.11 Å². The number of aromatic nitrogens is 1. The minimum absolute atomic E-state index is 0.124. The molecule has 1 aliphatic rings. The molecule has 1 saturated carbocycles. The monoisotopic (exact) mass is 349 g/mol. The van der Waals surface area contributed by atoms with E-state index in [2.05, 4.69) is 4.98 Å². The highest BCUT2D eigenvalue weighted by Gasteiger charge is 2.32. The number of hydrogen-bond acceptors (Lipinski definition) is 2. The Morgan fingerprint density at radius 1 is 1.08 bits per heavy atom. The Labute approximate surface area is 143 Å². The Bertz CT molecular complexity index is 750. The van der Waals surface area contributed by atoms with Crippen molar-refractivity contribution in [2.45, 2.75) is 37.8 Å². The van der Waals surface area contributed by atoms with Crippen molar-refractivity contribution in [3.8, 4) is 11.1 Å². The number of carbonyl (C=O) groups is 1. The van der Waals surface area contributed by atoms with Crippen LogP contribution in [0.15, 0.2) is 42.7 Å². The zero-order valence-electron chi connectivity index (χ0n) is 13.5. The first-order chi connectivity index (χ1) is 11.9. The molecule has 25 heavy (non-hydrogen) atoms. The lowest BCUT2D eigenvalue weighted by Gasteiger charge is -2.20. The average molecular weight is 349 g/mol. The van der Waals surface area contributed by atoms with Gasteiger partial charge in [-0.05, 0) is 36.0 Å². The molecule has 1 N–H and O–H groups in total. The van der Waals surface area contributed by atoms with Gasteiger partial charge >= 0.3 is 12.1 Å². The summed E-state index contributed by atoms with van der Waals surface area (Å²) in [7, 11) is 0. The zero-order valence-corrected chi connectivity index (χ0v) is 13.5. The molecular formula is C19H18F3NO2. The van der Waals surface area contributed by atoms with Crippen LogP contribution in [0.5, 0.6) is 0 Å². The van der Waals surface area contributed by atoms with Crippen molar-refractivity contribution in [2.24, 2.45) is 5.92 Å².